The number of aromatic nitrogens is 2. The average molecular weight is 467 g/mol. The summed E-state index contributed by atoms with van der Waals surface area (Å²) in [6.07, 6.45) is 1.01. The Balaban J connectivity index is 1.23. The van der Waals surface area contributed by atoms with Crippen LogP contribution in [0.15, 0.2) is 66.7 Å². The monoisotopic (exact) mass is 466 g/mol. The third-order valence-electron chi connectivity index (χ3n) is 7.48. The van der Waals surface area contributed by atoms with Crippen LogP contribution in [0.2, 0.25) is 0 Å². The molecule has 2 aliphatic rings. The van der Waals surface area contributed by atoms with E-state index >= 15 is 0 Å². The number of benzene rings is 3. The van der Waals surface area contributed by atoms with Gasteiger partial charge in [0.05, 0.1) is 24.1 Å². The molecule has 1 aromatic heterocycles. The molecule has 0 bridgehead atoms. The van der Waals surface area contributed by atoms with Gasteiger partial charge in [-0.25, -0.2) is 9.78 Å². The highest BCUT2D eigenvalue weighted by Crippen LogP contribution is 2.32. The molecule has 6 rings (SSSR count). The van der Waals surface area contributed by atoms with Gasteiger partial charge in [-0.05, 0) is 54.3 Å². The van der Waals surface area contributed by atoms with E-state index in [4.69, 9.17) is 4.74 Å². The number of carbonyl (C=O) groups excluding carboxylic acids is 1. The molecule has 2 amide bonds. The number of likely N-dealkylation sites (tertiary alicyclic amines) is 1. The van der Waals surface area contributed by atoms with Gasteiger partial charge in [0.2, 0.25) is 0 Å². The van der Waals surface area contributed by atoms with Crippen molar-refractivity contribution >= 4 is 17.1 Å². The van der Waals surface area contributed by atoms with E-state index in [0.717, 1.165) is 58.8 Å². The molecule has 35 heavy (non-hydrogen) atoms. The molecule has 0 spiro atoms. The second-order valence-electron chi connectivity index (χ2n) is 9.64. The van der Waals surface area contributed by atoms with Crippen molar-refractivity contribution < 1.29 is 9.53 Å². The molecule has 0 radical (unpaired) electrons. The Labute approximate surface area is 205 Å². The molecule has 0 N–H and O–H groups in total. The summed E-state index contributed by atoms with van der Waals surface area (Å²) < 4.78 is 8.15. The summed E-state index contributed by atoms with van der Waals surface area (Å²) in [5, 5.41) is 0. The fraction of sp³-hybridized carbons (Fsp3) is 0.310. The predicted octanol–water partition coefficient (Wildman–Crippen LogP) is 5.35. The van der Waals surface area contributed by atoms with E-state index in [1.54, 1.807) is 0 Å². The second-order valence-corrected chi connectivity index (χ2v) is 9.64. The van der Waals surface area contributed by atoms with Crippen LogP contribution in [-0.4, -0.2) is 51.6 Å². The number of ether oxygens (including phenoxy) is 1. The normalized spacial score (nSPS) is 17.8. The molecular formula is C29H30N4O2. The molecule has 1 atom stereocenters. The number of nitrogens with zero attached hydrogens (tertiary/aromatic N) is 4. The lowest BCUT2D eigenvalue weighted by atomic mass is 9.99. The first-order valence-corrected chi connectivity index (χ1v) is 12.3. The maximum absolute atomic E-state index is 13.5. The molecule has 6 nitrogen and oxygen atoms in total. The smallest absolute Gasteiger partial charge is 0.320 e. The van der Waals surface area contributed by atoms with Crippen molar-refractivity contribution in [3.63, 3.8) is 0 Å². The second kappa shape index (κ2) is 8.77. The number of aryl methyl sites for hydroxylation is 2. The van der Waals surface area contributed by atoms with E-state index in [9.17, 15) is 4.79 Å². The largest absolute Gasteiger partial charge is 0.491 e. The molecule has 1 fully saturated rings. The van der Waals surface area contributed by atoms with Crippen LogP contribution in [0.4, 0.5) is 4.79 Å². The zero-order valence-corrected chi connectivity index (χ0v) is 20.3. The first-order chi connectivity index (χ1) is 17.1. The Hall–Kier alpha value is -3.80. The number of fused-ring (bicyclic) bond motifs is 2. The summed E-state index contributed by atoms with van der Waals surface area (Å²) in [7, 11) is 2.05. The van der Waals surface area contributed by atoms with Crippen molar-refractivity contribution in [2.45, 2.75) is 25.8 Å². The number of hydrogen-bond acceptors (Lipinski definition) is 3. The van der Waals surface area contributed by atoms with Gasteiger partial charge >= 0.3 is 6.03 Å². The van der Waals surface area contributed by atoms with Gasteiger partial charge in [-0.1, -0.05) is 42.5 Å². The Morgan fingerprint density at radius 2 is 1.77 bits per heavy atom. The topological polar surface area (TPSA) is 50.6 Å². The maximum atomic E-state index is 13.5. The molecule has 3 aromatic carbocycles. The number of carbonyl (C=O) groups is 1. The minimum Gasteiger partial charge on any atom is -0.491 e. The van der Waals surface area contributed by atoms with Crippen LogP contribution in [0.5, 0.6) is 5.75 Å². The highest BCUT2D eigenvalue weighted by atomic mass is 16.5. The van der Waals surface area contributed by atoms with E-state index in [1.807, 2.05) is 35.9 Å². The zero-order valence-electron chi connectivity index (χ0n) is 20.3. The van der Waals surface area contributed by atoms with Crippen LogP contribution >= 0.6 is 0 Å². The molecule has 0 aliphatic carbocycles. The van der Waals surface area contributed by atoms with Crippen LogP contribution in [0, 0.1) is 6.92 Å². The minimum absolute atomic E-state index is 0.108. The zero-order chi connectivity index (χ0) is 23.9. The highest BCUT2D eigenvalue weighted by molar-refractivity contribution is 5.83. The van der Waals surface area contributed by atoms with E-state index in [-0.39, 0.29) is 6.03 Å². The summed E-state index contributed by atoms with van der Waals surface area (Å²) in [6, 6.07) is 23.3. The van der Waals surface area contributed by atoms with Gasteiger partial charge in [-0.3, -0.25) is 0 Å². The lowest BCUT2D eigenvalue weighted by Gasteiger charge is -2.26. The van der Waals surface area contributed by atoms with Gasteiger partial charge in [0.15, 0.2) is 0 Å². The Morgan fingerprint density at radius 1 is 0.971 bits per heavy atom. The number of imidazole rings is 1. The van der Waals surface area contributed by atoms with Crippen molar-refractivity contribution in [2.75, 3.05) is 26.2 Å². The van der Waals surface area contributed by atoms with Crippen molar-refractivity contribution in [2.24, 2.45) is 7.05 Å². The van der Waals surface area contributed by atoms with Crippen molar-refractivity contribution in [1.82, 2.24) is 19.4 Å². The fourth-order valence-corrected chi connectivity index (χ4v) is 5.36. The average Bonchev–Trinajstić information content (AvgIpc) is 3.42. The van der Waals surface area contributed by atoms with Crippen LogP contribution in [-0.2, 0) is 13.6 Å². The molecule has 178 valence electrons. The summed E-state index contributed by atoms with van der Waals surface area (Å²) >= 11 is 0. The molecule has 3 heterocycles. The number of urea groups is 1. The SMILES string of the molecule is Cc1nc2ccc(-c3ccc4c(c3)CN(C(=O)N3CCC(c5ccccc5)C3)CCO4)cc2n1C. The third kappa shape index (κ3) is 4.03. The van der Waals surface area contributed by atoms with E-state index < -0.39 is 0 Å². The van der Waals surface area contributed by atoms with Crippen LogP contribution in [0.1, 0.15) is 29.3 Å². The predicted molar refractivity (Wildman–Crippen MR) is 138 cm³/mol. The highest BCUT2D eigenvalue weighted by Gasteiger charge is 2.31. The molecule has 6 heteroatoms. The van der Waals surface area contributed by atoms with Gasteiger partial charge in [0.25, 0.3) is 0 Å². The Morgan fingerprint density at radius 3 is 2.63 bits per heavy atom. The third-order valence-corrected chi connectivity index (χ3v) is 7.48. The van der Waals surface area contributed by atoms with Gasteiger partial charge in [-0.2, -0.15) is 0 Å². The van der Waals surface area contributed by atoms with Crippen molar-refractivity contribution in [1.29, 1.82) is 0 Å². The number of hydrogen-bond donors (Lipinski definition) is 0. The van der Waals surface area contributed by atoms with Gasteiger partial charge in [-0.15, -0.1) is 0 Å². The minimum atomic E-state index is 0.108. The standard InChI is InChI=1S/C29H30N4O2/c1-20-30-26-10-8-23(17-27(26)31(20)2)22-9-11-28-25(16-22)19-33(14-15-35-28)29(34)32-13-12-24(18-32)21-6-4-3-5-7-21/h3-11,16-17,24H,12-15,18-19H2,1-2H3. The Bertz CT molecular complexity index is 1390. The molecular weight excluding hydrogens is 436 g/mol. The molecule has 1 unspecified atom stereocenters. The van der Waals surface area contributed by atoms with E-state index in [0.29, 0.717) is 25.6 Å². The fourth-order valence-electron chi connectivity index (χ4n) is 5.36. The van der Waals surface area contributed by atoms with E-state index in [1.165, 1.54) is 5.56 Å². The summed E-state index contributed by atoms with van der Waals surface area (Å²) in [5.74, 6) is 2.27. The lowest BCUT2D eigenvalue weighted by molar-refractivity contribution is 0.154. The van der Waals surface area contributed by atoms with E-state index in [2.05, 4.69) is 64.1 Å². The maximum Gasteiger partial charge on any atom is 0.320 e. The Kier molecular flexibility index (Phi) is 5.44. The van der Waals surface area contributed by atoms with Crippen LogP contribution < -0.4 is 4.74 Å². The quantitative estimate of drug-likeness (QED) is 0.400. The number of amides is 2. The van der Waals surface area contributed by atoms with Crippen LogP contribution in [0.3, 0.4) is 0 Å². The van der Waals surface area contributed by atoms with Gasteiger partial charge in [0, 0.05) is 31.6 Å². The molecule has 1 saturated heterocycles. The summed E-state index contributed by atoms with van der Waals surface area (Å²) in [5.41, 5.74) is 6.74. The molecule has 2 aliphatic heterocycles. The van der Waals surface area contributed by atoms with Crippen molar-refractivity contribution in [3.05, 3.63) is 83.7 Å². The summed E-state index contributed by atoms with van der Waals surface area (Å²) in [4.78, 5) is 22.0. The first kappa shape index (κ1) is 21.7. The van der Waals surface area contributed by atoms with Crippen LogP contribution in [0.25, 0.3) is 22.2 Å². The number of rotatable bonds is 2. The lowest BCUT2D eigenvalue weighted by Crippen LogP contribution is -2.42. The molecule has 4 aromatic rings. The van der Waals surface area contributed by atoms with Crippen molar-refractivity contribution in [3.8, 4) is 16.9 Å². The van der Waals surface area contributed by atoms with Gasteiger partial charge < -0.3 is 19.1 Å². The molecule has 0 saturated carbocycles. The van der Waals surface area contributed by atoms with Gasteiger partial charge in [0.1, 0.15) is 18.2 Å². The summed E-state index contributed by atoms with van der Waals surface area (Å²) in [6.45, 7) is 5.25. The first-order valence-electron chi connectivity index (χ1n) is 12.3.